The number of nitrogens with two attached hydrogens (primary N) is 1. The zero-order valence-corrected chi connectivity index (χ0v) is 9.01. The molecule has 1 aromatic heterocycles. The maximum absolute atomic E-state index is 9.23. The van der Waals surface area contributed by atoms with Gasteiger partial charge in [0.05, 0.1) is 11.0 Å². The van der Waals surface area contributed by atoms with E-state index in [9.17, 15) is 5.11 Å². The number of nitrogens with zero attached hydrogens (tertiary/aromatic N) is 1. The van der Waals surface area contributed by atoms with Gasteiger partial charge >= 0.3 is 0 Å². The Morgan fingerprint density at radius 3 is 2.59 bits per heavy atom. The van der Waals surface area contributed by atoms with Gasteiger partial charge in [-0.2, -0.15) is 0 Å². The second kappa shape index (κ2) is 3.52. The van der Waals surface area contributed by atoms with Crippen molar-refractivity contribution >= 4 is 16.7 Å². The summed E-state index contributed by atoms with van der Waals surface area (Å²) in [5.41, 5.74) is 9.12. The van der Waals surface area contributed by atoms with Crippen LogP contribution >= 0.6 is 0 Å². The lowest BCUT2D eigenvalue weighted by molar-refractivity contribution is 0.475. The molecule has 0 spiro atoms. The molecular formula is C13H11N3O. The van der Waals surface area contributed by atoms with E-state index in [1.54, 1.807) is 12.1 Å². The minimum Gasteiger partial charge on any atom is -0.508 e. The Kier molecular flexibility index (Phi) is 2.01. The fourth-order valence-electron chi connectivity index (χ4n) is 1.78. The van der Waals surface area contributed by atoms with Gasteiger partial charge in [-0.3, -0.25) is 0 Å². The Morgan fingerprint density at radius 2 is 1.82 bits per heavy atom. The molecule has 0 amide bonds. The van der Waals surface area contributed by atoms with E-state index in [1.807, 2.05) is 30.3 Å². The molecule has 1 heterocycles. The number of nitrogen functional groups attached to an aromatic ring is 1. The van der Waals surface area contributed by atoms with Crippen LogP contribution in [0.1, 0.15) is 0 Å². The molecule has 0 aliphatic rings. The molecule has 4 nitrogen and oxygen atoms in total. The van der Waals surface area contributed by atoms with Crippen molar-refractivity contribution in [1.82, 2.24) is 9.97 Å². The minimum atomic E-state index is 0.245. The van der Waals surface area contributed by atoms with Crippen molar-refractivity contribution in [2.45, 2.75) is 0 Å². The number of hydrogen-bond donors (Lipinski definition) is 3. The third-order valence-electron chi connectivity index (χ3n) is 2.65. The number of phenols is 1. The van der Waals surface area contributed by atoms with Crippen molar-refractivity contribution in [2.24, 2.45) is 0 Å². The predicted octanol–water partition coefficient (Wildman–Crippen LogP) is 2.52. The largest absolute Gasteiger partial charge is 0.508 e. The molecule has 84 valence electrons. The molecule has 0 radical (unpaired) electrons. The van der Waals surface area contributed by atoms with Gasteiger partial charge in [-0.15, -0.1) is 0 Å². The lowest BCUT2D eigenvalue weighted by Gasteiger charge is -1.95. The molecule has 0 fully saturated rings. The number of nitrogens with one attached hydrogen (secondary N) is 1. The van der Waals surface area contributed by atoms with Crippen molar-refractivity contribution < 1.29 is 5.11 Å². The standard InChI is InChI=1S/C13H11N3O/c14-9-3-6-11-12(7-9)16-13(15-11)8-1-4-10(17)5-2-8/h1-7,17H,14H2,(H,15,16). The summed E-state index contributed by atoms with van der Waals surface area (Å²) in [6, 6.07) is 12.5. The fraction of sp³-hybridized carbons (Fsp3) is 0. The average Bonchev–Trinajstić information content (AvgIpc) is 2.72. The van der Waals surface area contributed by atoms with E-state index in [-0.39, 0.29) is 5.75 Å². The van der Waals surface area contributed by atoms with Crippen LogP contribution in [0.25, 0.3) is 22.4 Å². The van der Waals surface area contributed by atoms with Crippen molar-refractivity contribution in [2.75, 3.05) is 5.73 Å². The normalized spacial score (nSPS) is 10.8. The fourth-order valence-corrected chi connectivity index (χ4v) is 1.78. The van der Waals surface area contributed by atoms with E-state index in [0.29, 0.717) is 5.69 Å². The monoisotopic (exact) mass is 225 g/mol. The van der Waals surface area contributed by atoms with Crippen LogP contribution in [0.4, 0.5) is 5.69 Å². The summed E-state index contributed by atoms with van der Waals surface area (Å²) in [6.45, 7) is 0. The highest BCUT2D eigenvalue weighted by molar-refractivity contribution is 5.82. The van der Waals surface area contributed by atoms with Crippen LogP contribution in [0.3, 0.4) is 0 Å². The number of hydrogen-bond acceptors (Lipinski definition) is 3. The Labute approximate surface area is 97.7 Å². The van der Waals surface area contributed by atoms with Crippen LogP contribution in [0.5, 0.6) is 5.75 Å². The lowest BCUT2D eigenvalue weighted by atomic mass is 10.2. The van der Waals surface area contributed by atoms with Gasteiger partial charge in [-0.1, -0.05) is 0 Å². The summed E-state index contributed by atoms with van der Waals surface area (Å²) in [5.74, 6) is 1.01. The number of aromatic nitrogens is 2. The molecule has 17 heavy (non-hydrogen) atoms. The number of imidazole rings is 1. The molecule has 0 aliphatic carbocycles. The number of benzene rings is 2. The van der Waals surface area contributed by atoms with Gasteiger partial charge in [0.2, 0.25) is 0 Å². The Bertz CT molecular complexity index is 671. The van der Waals surface area contributed by atoms with Gasteiger partial charge < -0.3 is 15.8 Å². The molecule has 3 aromatic rings. The van der Waals surface area contributed by atoms with Gasteiger partial charge in [0.1, 0.15) is 11.6 Å². The summed E-state index contributed by atoms with van der Waals surface area (Å²) < 4.78 is 0. The maximum Gasteiger partial charge on any atom is 0.138 e. The zero-order valence-electron chi connectivity index (χ0n) is 9.01. The Hall–Kier alpha value is -2.49. The maximum atomic E-state index is 9.23. The molecule has 4 N–H and O–H groups in total. The first-order valence-electron chi connectivity index (χ1n) is 5.27. The summed E-state index contributed by atoms with van der Waals surface area (Å²) >= 11 is 0. The van der Waals surface area contributed by atoms with Gasteiger partial charge in [0.15, 0.2) is 0 Å². The summed E-state index contributed by atoms with van der Waals surface area (Å²) in [6.07, 6.45) is 0. The smallest absolute Gasteiger partial charge is 0.138 e. The average molecular weight is 225 g/mol. The highest BCUT2D eigenvalue weighted by Gasteiger charge is 2.05. The quantitative estimate of drug-likeness (QED) is 0.557. The second-order valence-electron chi connectivity index (χ2n) is 3.91. The molecule has 0 saturated heterocycles. The second-order valence-corrected chi connectivity index (χ2v) is 3.91. The highest BCUT2D eigenvalue weighted by Crippen LogP contribution is 2.23. The van der Waals surface area contributed by atoms with Gasteiger partial charge in [-0.05, 0) is 42.5 Å². The molecule has 4 heteroatoms. The minimum absolute atomic E-state index is 0.245. The van der Waals surface area contributed by atoms with Crippen LogP contribution < -0.4 is 5.73 Å². The SMILES string of the molecule is Nc1ccc2[nH]c(-c3ccc(O)cc3)nc2c1. The van der Waals surface area contributed by atoms with E-state index in [4.69, 9.17) is 5.73 Å². The van der Waals surface area contributed by atoms with Crippen molar-refractivity contribution in [3.63, 3.8) is 0 Å². The highest BCUT2D eigenvalue weighted by atomic mass is 16.3. The first kappa shape index (κ1) is 9.72. The molecule has 2 aromatic carbocycles. The third kappa shape index (κ3) is 1.69. The topological polar surface area (TPSA) is 74.9 Å². The number of aromatic amines is 1. The number of aromatic hydroxyl groups is 1. The van der Waals surface area contributed by atoms with Crippen molar-refractivity contribution in [3.05, 3.63) is 42.5 Å². The number of anilines is 1. The predicted molar refractivity (Wildman–Crippen MR) is 67.6 cm³/mol. The Balaban J connectivity index is 2.14. The molecule has 0 unspecified atom stereocenters. The van der Waals surface area contributed by atoms with E-state index >= 15 is 0 Å². The van der Waals surface area contributed by atoms with Crippen LogP contribution in [0.15, 0.2) is 42.5 Å². The van der Waals surface area contributed by atoms with Gasteiger partial charge in [0, 0.05) is 11.3 Å². The molecular weight excluding hydrogens is 214 g/mol. The van der Waals surface area contributed by atoms with Gasteiger partial charge in [0.25, 0.3) is 0 Å². The number of rotatable bonds is 1. The zero-order chi connectivity index (χ0) is 11.8. The van der Waals surface area contributed by atoms with Gasteiger partial charge in [-0.25, -0.2) is 4.98 Å². The van der Waals surface area contributed by atoms with Crippen molar-refractivity contribution in [1.29, 1.82) is 0 Å². The summed E-state index contributed by atoms with van der Waals surface area (Å²) in [7, 11) is 0. The summed E-state index contributed by atoms with van der Waals surface area (Å²) in [5, 5.41) is 9.23. The Morgan fingerprint density at radius 1 is 1.06 bits per heavy atom. The molecule has 3 rings (SSSR count). The van der Waals surface area contributed by atoms with Crippen LogP contribution in [0.2, 0.25) is 0 Å². The van der Waals surface area contributed by atoms with E-state index in [2.05, 4.69) is 9.97 Å². The molecule has 0 saturated carbocycles. The van der Waals surface area contributed by atoms with E-state index in [0.717, 1.165) is 22.4 Å². The lowest BCUT2D eigenvalue weighted by Crippen LogP contribution is -1.82. The summed E-state index contributed by atoms with van der Waals surface area (Å²) in [4.78, 5) is 7.67. The van der Waals surface area contributed by atoms with Crippen LogP contribution in [-0.4, -0.2) is 15.1 Å². The molecule has 0 bridgehead atoms. The van der Waals surface area contributed by atoms with Crippen LogP contribution in [-0.2, 0) is 0 Å². The number of fused-ring (bicyclic) bond motifs is 1. The number of phenolic OH excluding ortho intramolecular Hbond substituents is 1. The first-order valence-corrected chi connectivity index (χ1v) is 5.27. The van der Waals surface area contributed by atoms with Crippen LogP contribution in [0, 0.1) is 0 Å². The van der Waals surface area contributed by atoms with E-state index in [1.165, 1.54) is 0 Å². The first-order chi connectivity index (χ1) is 8.22. The third-order valence-corrected chi connectivity index (χ3v) is 2.65. The van der Waals surface area contributed by atoms with Crippen molar-refractivity contribution in [3.8, 4) is 17.1 Å². The molecule has 0 aliphatic heterocycles. The van der Waals surface area contributed by atoms with E-state index < -0.39 is 0 Å². The molecule has 0 atom stereocenters. The number of H-pyrrole nitrogens is 1.